The molecular weight excluding hydrogens is 208 g/mol. The third-order valence-electron chi connectivity index (χ3n) is 1.88. The number of methoxy groups -OCH3 is 1. The van der Waals surface area contributed by atoms with E-state index in [0.29, 0.717) is 0 Å². The molecule has 0 fully saturated rings. The second-order valence-electron chi connectivity index (χ2n) is 3.72. The molecule has 0 unspecified atom stereocenters. The van der Waals surface area contributed by atoms with Crippen LogP contribution in [0, 0.1) is 13.8 Å². The van der Waals surface area contributed by atoms with Crippen molar-refractivity contribution >= 4 is 0 Å². The quantitative estimate of drug-likeness (QED) is 0.657. The van der Waals surface area contributed by atoms with E-state index in [0.717, 1.165) is 0 Å². The van der Waals surface area contributed by atoms with Gasteiger partial charge in [0.2, 0.25) is 0 Å². The van der Waals surface area contributed by atoms with E-state index in [1.165, 1.54) is 11.1 Å². The van der Waals surface area contributed by atoms with Crippen LogP contribution in [0.15, 0.2) is 60.7 Å². The Morgan fingerprint density at radius 2 is 0.824 bits per heavy atom. The van der Waals surface area contributed by atoms with Crippen LogP contribution in [-0.2, 0) is 4.74 Å². The molecule has 0 N–H and O–H groups in total. The summed E-state index contributed by atoms with van der Waals surface area (Å²) < 4.78 is 4.25. The zero-order chi connectivity index (χ0) is 12.9. The summed E-state index contributed by atoms with van der Waals surface area (Å²) in [6.07, 6.45) is 0. The molecule has 1 nitrogen and oxygen atoms in total. The van der Waals surface area contributed by atoms with Crippen LogP contribution in [0.1, 0.15) is 11.1 Å². The molecule has 0 atom stereocenters. The van der Waals surface area contributed by atoms with Crippen molar-refractivity contribution in [3.8, 4) is 0 Å². The van der Waals surface area contributed by atoms with E-state index >= 15 is 0 Å². The van der Waals surface area contributed by atoms with E-state index in [1.807, 2.05) is 36.4 Å². The van der Waals surface area contributed by atoms with E-state index in [-0.39, 0.29) is 0 Å². The minimum Gasteiger partial charge on any atom is -0.388 e. The normalized spacial score (nSPS) is 8.24. The lowest BCUT2D eigenvalue weighted by atomic mass is 10.2. The molecule has 0 aliphatic rings. The van der Waals surface area contributed by atoms with Gasteiger partial charge in [-0.1, -0.05) is 71.8 Å². The van der Waals surface area contributed by atoms with Gasteiger partial charge in [0.15, 0.2) is 0 Å². The van der Waals surface area contributed by atoms with Gasteiger partial charge in [-0.05, 0) is 13.8 Å². The Hall–Kier alpha value is -1.60. The van der Waals surface area contributed by atoms with E-state index in [1.54, 1.807) is 14.2 Å². The van der Waals surface area contributed by atoms with Crippen LogP contribution in [0.3, 0.4) is 0 Å². The molecule has 0 aromatic heterocycles. The van der Waals surface area contributed by atoms with Crippen molar-refractivity contribution in [3.63, 3.8) is 0 Å². The van der Waals surface area contributed by atoms with Crippen molar-refractivity contribution in [1.29, 1.82) is 0 Å². The number of benzene rings is 2. The summed E-state index contributed by atoms with van der Waals surface area (Å²) in [6, 6.07) is 20.5. The van der Waals surface area contributed by atoms with Gasteiger partial charge in [-0.25, -0.2) is 0 Å². The standard InChI is InChI=1S/2C7H8.C2H6O/c2*1-7-5-3-2-4-6-7;1-3-2/h2*2-6H,1H3;1-2H3. The Bertz CT molecular complexity index is 316. The average molecular weight is 230 g/mol. The summed E-state index contributed by atoms with van der Waals surface area (Å²) in [6.45, 7) is 4.17. The lowest BCUT2D eigenvalue weighted by Crippen LogP contribution is -1.62. The first-order valence-electron chi connectivity index (χ1n) is 5.64. The van der Waals surface area contributed by atoms with E-state index in [4.69, 9.17) is 0 Å². The number of hydrogen-bond donors (Lipinski definition) is 0. The summed E-state index contributed by atoms with van der Waals surface area (Å²) >= 11 is 0. The van der Waals surface area contributed by atoms with Crippen molar-refractivity contribution in [2.75, 3.05) is 14.2 Å². The smallest absolute Gasteiger partial charge is 0.0351 e. The van der Waals surface area contributed by atoms with Crippen molar-refractivity contribution in [1.82, 2.24) is 0 Å². The van der Waals surface area contributed by atoms with Gasteiger partial charge in [0, 0.05) is 14.2 Å². The molecule has 2 aromatic carbocycles. The summed E-state index contributed by atoms with van der Waals surface area (Å²) in [5.41, 5.74) is 2.64. The second-order valence-corrected chi connectivity index (χ2v) is 3.72. The predicted octanol–water partition coefficient (Wildman–Crippen LogP) is 4.25. The van der Waals surface area contributed by atoms with E-state index < -0.39 is 0 Å². The van der Waals surface area contributed by atoms with Crippen LogP contribution in [-0.4, -0.2) is 14.2 Å². The predicted molar refractivity (Wildman–Crippen MR) is 75.3 cm³/mol. The molecule has 0 heterocycles. The van der Waals surface area contributed by atoms with E-state index in [2.05, 4.69) is 42.8 Å². The molecule has 2 rings (SSSR count). The molecule has 0 aliphatic heterocycles. The van der Waals surface area contributed by atoms with Gasteiger partial charge in [-0.2, -0.15) is 0 Å². The Balaban J connectivity index is 0.000000247. The number of rotatable bonds is 0. The second kappa shape index (κ2) is 10.9. The maximum atomic E-state index is 4.25. The van der Waals surface area contributed by atoms with Gasteiger partial charge in [0.25, 0.3) is 0 Å². The molecule has 0 radical (unpaired) electrons. The SMILES string of the molecule is COC.Cc1ccccc1.Cc1ccccc1. The lowest BCUT2D eigenvalue weighted by Gasteiger charge is -1.82. The van der Waals surface area contributed by atoms with Gasteiger partial charge in [-0.15, -0.1) is 0 Å². The Kier molecular flexibility index (Phi) is 9.88. The first kappa shape index (κ1) is 15.4. The fourth-order valence-electron chi connectivity index (χ4n) is 1.07. The molecule has 0 bridgehead atoms. The van der Waals surface area contributed by atoms with E-state index in [9.17, 15) is 0 Å². The highest BCUT2D eigenvalue weighted by atomic mass is 16.4. The number of ether oxygens (including phenoxy) is 1. The van der Waals surface area contributed by atoms with Crippen LogP contribution in [0.5, 0.6) is 0 Å². The third kappa shape index (κ3) is 10.7. The molecule has 1 heteroatoms. The van der Waals surface area contributed by atoms with Crippen LogP contribution in [0.4, 0.5) is 0 Å². The first-order chi connectivity index (χ1) is 8.20. The third-order valence-corrected chi connectivity index (χ3v) is 1.88. The summed E-state index contributed by atoms with van der Waals surface area (Å²) in [5.74, 6) is 0. The number of aryl methyl sites for hydroxylation is 2. The van der Waals surface area contributed by atoms with Crippen LogP contribution in [0.2, 0.25) is 0 Å². The Labute approximate surface area is 105 Å². The largest absolute Gasteiger partial charge is 0.388 e. The van der Waals surface area contributed by atoms with Crippen LogP contribution < -0.4 is 0 Å². The molecule has 17 heavy (non-hydrogen) atoms. The van der Waals surface area contributed by atoms with Crippen molar-refractivity contribution in [3.05, 3.63) is 71.8 Å². The number of hydrogen-bond acceptors (Lipinski definition) is 1. The summed E-state index contributed by atoms with van der Waals surface area (Å²) in [5, 5.41) is 0. The van der Waals surface area contributed by atoms with Crippen LogP contribution >= 0.6 is 0 Å². The zero-order valence-electron chi connectivity index (χ0n) is 11.2. The highest BCUT2D eigenvalue weighted by Crippen LogP contribution is 1.92. The van der Waals surface area contributed by atoms with Gasteiger partial charge in [-0.3, -0.25) is 0 Å². The molecule has 0 saturated heterocycles. The molecular formula is C16H22O. The van der Waals surface area contributed by atoms with Crippen LogP contribution in [0.25, 0.3) is 0 Å². The van der Waals surface area contributed by atoms with Gasteiger partial charge < -0.3 is 4.74 Å². The fraction of sp³-hybridized carbons (Fsp3) is 0.250. The average Bonchev–Trinajstić information content (AvgIpc) is 2.33. The summed E-state index contributed by atoms with van der Waals surface area (Å²) in [4.78, 5) is 0. The zero-order valence-corrected chi connectivity index (χ0v) is 11.2. The summed E-state index contributed by atoms with van der Waals surface area (Å²) in [7, 11) is 3.25. The van der Waals surface area contributed by atoms with Gasteiger partial charge >= 0.3 is 0 Å². The Morgan fingerprint density at radius 1 is 0.588 bits per heavy atom. The molecule has 0 spiro atoms. The minimum atomic E-state index is 1.32. The molecule has 0 saturated carbocycles. The van der Waals surface area contributed by atoms with Crippen molar-refractivity contribution in [2.45, 2.75) is 13.8 Å². The molecule has 2 aromatic rings. The van der Waals surface area contributed by atoms with Gasteiger partial charge in [0.1, 0.15) is 0 Å². The van der Waals surface area contributed by atoms with Gasteiger partial charge in [0.05, 0.1) is 0 Å². The van der Waals surface area contributed by atoms with Crippen molar-refractivity contribution in [2.24, 2.45) is 0 Å². The molecule has 0 amide bonds. The Morgan fingerprint density at radius 3 is 0.941 bits per heavy atom. The maximum absolute atomic E-state index is 4.25. The highest BCUT2D eigenvalue weighted by molar-refractivity contribution is 5.12. The maximum Gasteiger partial charge on any atom is 0.0351 e. The molecule has 92 valence electrons. The first-order valence-corrected chi connectivity index (χ1v) is 5.64. The topological polar surface area (TPSA) is 9.23 Å². The van der Waals surface area contributed by atoms with Crippen molar-refractivity contribution < 1.29 is 4.74 Å². The lowest BCUT2D eigenvalue weighted by molar-refractivity contribution is 0.277. The molecule has 0 aliphatic carbocycles. The monoisotopic (exact) mass is 230 g/mol. The minimum absolute atomic E-state index is 1.32. The fourth-order valence-corrected chi connectivity index (χ4v) is 1.07. The highest BCUT2D eigenvalue weighted by Gasteiger charge is 1.72.